The molecule has 2 aromatic carbocycles. The van der Waals surface area contributed by atoms with E-state index in [2.05, 4.69) is 0 Å². The minimum atomic E-state index is -1.50. The van der Waals surface area contributed by atoms with Gasteiger partial charge in [-0.25, -0.2) is 0 Å². The first-order valence-electron chi connectivity index (χ1n) is 6.81. The van der Waals surface area contributed by atoms with E-state index >= 15 is 0 Å². The van der Waals surface area contributed by atoms with Gasteiger partial charge in [0.1, 0.15) is 5.75 Å². The molecule has 1 atom stereocenters. The number of ether oxygens (including phenoxy) is 2. The summed E-state index contributed by atoms with van der Waals surface area (Å²) < 4.78 is 11.1. The highest BCUT2D eigenvalue weighted by atomic mass is 16.5. The van der Waals surface area contributed by atoms with E-state index in [1.54, 1.807) is 25.3 Å². The quantitative estimate of drug-likeness (QED) is 0.793. The molecule has 0 radical (unpaired) electrons. The van der Waals surface area contributed by atoms with Gasteiger partial charge >= 0.3 is 7.12 Å². The highest BCUT2D eigenvalue weighted by Crippen LogP contribution is 2.22. The minimum Gasteiger partial charge on any atom is -0.496 e. The zero-order valence-corrected chi connectivity index (χ0v) is 12.2. The molecule has 2 rings (SSSR count). The van der Waals surface area contributed by atoms with E-state index < -0.39 is 7.12 Å². The third-order valence-corrected chi connectivity index (χ3v) is 3.36. The molecule has 0 saturated carbocycles. The van der Waals surface area contributed by atoms with E-state index in [9.17, 15) is 10.0 Å². The second-order valence-electron chi connectivity index (χ2n) is 4.81. The van der Waals surface area contributed by atoms with Crippen molar-refractivity contribution in [2.45, 2.75) is 19.6 Å². The van der Waals surface area contributed by atoms with E-state index in [1.807, 2.05) is 37.3 Å². The molecule has 5 heteroatoms. The Kier molecular flexibility index (Phi) is 5.39. The van der Waals surface area contributed by atoms with Crippen LogP contribution in [0.4, 0.5) is 0 Å². The summed E-state index contributed by atoms with van der Waals surface area (Å²) in [5, 5.41) is 18.5. The molecule has 0 amide bonds. The maximum absolute atomic E-state index is 9.24. The molecule has 4 nitrogen and oxygen atoms in total. The van der Waals surface area contributed by atoms with Crippen LogP contribution in [0.3, 0.4) is 0 Å². The van der Waals surface area contributed by atoms with Crippen LogP contribution in [0.2, 0.25) is 0 Å². The van der Waals surface area contributed by atoms with Gasteiger partial charge in [0.15, 0.2) is 0 Å². The summed E-state index contributed by atoms with van der Waals surface area (Å²) in [6.07, 6.45) is -0.0568. The van der Waals surface area contributed by atoms with Gasteiger partial charge in [0.05, 0.1) is 19.8 Å². The molecule has 0 spiro atoms. The summed E-state index contributed by atoms with van der Waals surface area (Å²) in [7, 11) is 0.0790. The minimum absolute atomic E-state index is 0.0568. The molecule has 0 aliphatic carbocycles. The third kappa shape index (κ3) is 4.08. The molecule has 0 aliphatic rings. The van der Waals surface area contributed by atoms with E-state index in [0.29, 0.717) is 17.8 Å². The van der Waals surface area contributed by atoms with Crippen molar-refractivity contribution in [2.24, 2.45) is 0 Å². The molecule has 21 heavy (non-hydrogen) atoms. The van der Waals surface area contributed by atoms with E-state index in [0.717, 1.165) is 11.1 Å². The zero-order valence-electron chi connectivity index (χ0n) is 12.2. The number of hydrogen-bond donors (Lipinski definition) is 2. The fraction of sp³-hybridized carbons (Fsp3) is 0.250. The van der Waals surface area contributed by atoms with Gasteiger partial charge in [0.2, 0.25) is 0 Å². The normalized spacial score (nSPS) is 12.0. The molecule has 2 N–H and O–H groups in total. The summed E-state index contributed by atoms with van der Waals surface area (Å²) in [5.41, 5.74) is 2.29. The van der Waals surface area contributed by atoms with Crippen LogP contribution >= 0.6 is 0 Å². The fourth-order valence-corrected chi connectivity index (χ4v) is 2.11. The topological polar surface area (TPSA) is 58.9 Å². The number of benzene rings is 2. The standard InChI is InChI=1S/C16H19BO4/c1-12(13-6-4-3-5-7-13)21-11-14-10-15(17(18)19)8-9-16(14)20-2/h3-10,12,18-19H,11H2,1-2H3. The maximum Gasteiger partial charge on any atom is 0.488 e. The van der Waals surface area contributed by atoms with E-state index in [4.69, 9.17) is 9.47 Å². The average Bonchev–Trinajstić information content (AvgIpc) is 2.53. The first-order chi connectivity index (χ1) is 10.1. The smallest absolute Gasteiger partial charge is 0.488 e. The molecule has 0 saturated heterocycles. The second-order valence-corrected chi connectivity index (χ2v) is 4.81. The van der Waals surface area contributed by atoms with Crippen molar-refractivity contribution in [1.82, 2.24) is 0 Å². The highest BCUT2D eigenvalue weighted by Gasteiger charge is 2.15. The lowest BCUT2D eigenvalue weighted by Crippen LogP contribution is -2.30. The van der Waals surface area contributed by atoms with Crippen molar-refractivity contribution in [3.8, 4) is 5.75 Å². The maximum atomic E-state index is 9.24. The molecular formula is C16H19BO4. The number of methoxy groups -OCH3 is 1. The van der Waals surface area contributed by atoms with Crippen LogP contribution < -0.4 is 10.2 Å². The number of hydrogen-bond acceptors (Lipinski definition) is 4. The Morgan fingerprint density at radius 2 is 1.81 bits per heavy atom. The molecule has 0 fully saturated rings. The van der Waals surface area contributed by atoms with Crippen molar-refractivity contribution in [3.05, 3.63) is 59.7 Å². The van der Waals surface area contributed by atoms with Gasteiger partial charge in [-0.1, -0.05) is 42.5 Å². The summed E-state index contributed by atoms with van der Waals surface area (Å²) in [6.45, 7) is 2.31. The van der Waals surface area contributed by atoms with Crippen LogP contribution in [0.5, 0.6) is 5.75 Å². The molecule has 0 bridgehead atoms. The van der Waals surface area contributed by atoms with Gasteiger partial charge in [-0.05, 0) is 24.0 Å². The molecule has 1 unspecified atom stereocenters. The van der Waals surface area contributed by atoms with Crippen LogP contribution in [0, 0.1) is 0 Å². The Hall–Kier alpha value is -1.82. The Balaban J connectivity index is 2.10. The van der Waals surface area contributed by atoms with Crippen molar-refractivity contribution < 1.29 is 19.5 Å². The van der Waals surface area contributed by atoms with E-state index in [-0.39, 0.29) is 6.10 Å². The van der Waals surface area contributed by atoms with Gasteiger partial charge in [-0.15, -0.1) is 0 Å². The second kappa shape index (κ2) is 7.27. The fourth-order valence-electron chi connectivity index (χ4n) is 2.11. The lowest BCUT2D eigenvalue weighted by Gasteiger charge is -2.16. The Morgan fingerprint density at radius 1 is 1.10 bits per heavy atom. The van der Waals surface area contributed by atoms with Gasteiger partial charge in [0.25, 0.3) is 0 Å². The van der Waals surface area contributed by atoms with Crippen LogP contribution in [0.1, 0.15) is 24.2 Å². The van der Waals surface area contributed by atoms with Gasteiger partial charge in [-0.2, -0.15) is 0 Å². The molecule has 0 heterocycles. The summed E-state index contributed by atoms with van der Waals surface area (Å²) in [5.74, 6) is 0.666. The summed E-state index contributed by atoms with van der Waals surface area (Å²) in [6, 6.07) is 14.9. The van der Waals surface area contributed by atoms with Crippen molar-refractivity contribution >= 4 is 12.6 Å². The van der Waals surface area contributed by atoms with Crippen LogP contribution in [-0.4, -0.2) is 24.3 Å². The van der Waals surface area contributed by atoms with Gasteiger partial charge in [-0.3, -0.25) is 0 Å². The molecule has 0 aromatic heterocycles. The van der Waals surface area contributed by atoms with Crippen molar-refractivity contribution in [1.29, 1.82) is 0 Å². The third-order valence-electron chi connectivity index (χ3n) is 3.36. The van der Waals surface area contributed by atoms with Crippen molar-refractivity contribution in [3.63, 3.8) is 0 Å². The lowest BCUT2D eigenvalue weighted by atomic mass is 9.79. The predicted molar refractivity (Wildman–Crippen MR) is 82.5 cm³/mol. The first kappa shape index (κ1) is 15.6. The Labute approximate surface area is 125 Å². The average molecular weight is 286 g/mol. The number of rotatable bonds is 6. The zero-order chi connectivity index (χ0) is 15.2. The predicted octanol–water partition coefficient (Wildman–Crippen LogP) is 1.65. The monoisotopic (exact) mass is 286 g/mol. The van der Waals surface area contributed by atoms with Crippen LogP contribution in [-0.2, 0) is 11.3 Å². The molecule has 0 aliphatic heterocycles. The van der Waals surface area contributed by atoms with Crippen molar-refractivity contribution in [2.75, 3.05) is 7.11 Å². The molecular weight excluding hydrogens is 267 g/mol. The summed E-state index contributed by atoms with van der Waals surface area (Å²) in [4.78, 5) is 0. The van der Waals surface area contributed by atoms with Crippen LogP contribution in [0.15, 0.2) is 48.5 Å². The largest absolute Gasteiger partial charge is 0.496 e. The van der Waals surface area contributed by atoms with Gasteiger partial charge < -0.3 is 19.5 Å². The Bertz CT molecular complexity index is 572. The van der Waals surface area contributed by atoms with E-state index in [1.165, 1.54) is 0 Å². The molecule has 2 aromatic rings. The van der Waals surface area contributed by atoms with Gasteiger partial charge in [0, 0.05) is 5.56 Å². The molecule has 110 valence electrons. The van der Waals surface area contributed by atoms with Crippen LogP contribution in [0.25, 0.3) is 0 Å². The SMILES string of the molecule is COc1ccc(B(O)O)cc1COC(C)c1ccccc1. The summed E-state index contributed by atoms with van der Waals surface area (Å²) >= 11 is 0. The highest BCUT2D eigenvalue weighted by molar-refractivity contribution is 6.58. The first-order valence-corrected chi connectivity index (χ1v) is 6.81. The lowest BCUT2D eigenvalue weighted by molar-refractivity contribution is 0.0514. The Morgan fingerprint density at radius 3 is 2.43 bits per heavy atom.